The van der Waals surface area contributed by atoms with E-state index in [-0.39, 0.29) is 29.7 Å². The average molecular weight is 508 g/mol. The predicted molar refractivity (Wildman–Crippen MR) is 127 cm³/mol. The van der Waals surface area contributed by atoms with E-state index in [9.17, 15) is 26.4 Å². The van der Waals surface area contributed by atoms with E-state index in [1.54, 1.807) is 55.1 Å². The number of benzene rings is 2. The number of carbonyl (C=O) groups excluding carboxylic acids is 1. The minimum Gasteiger partial charge on any atom is -0.342 e. The van der Waals surface area contributed by atoms with Crippen molar-refractivity contribution in [3.05, 3.63) is 59.9 Å². The number of halogens is 3. The van der Waals surface area contributed by atoms with Gasteiger partial charge in [0, 0.05) is 19.6 Å². The number of amides is 1. The summed E-state index contributed by atoms with van der Waals surface area (Å²) >= 11 is 0. The molecule has 0 unspecified atom stereocenters. The summed E-state index contributed by atoms with van der Waals surface area (Å²) in [5, 5.41) is -0.524. The first-order valence-corrected chi connectivity index (χ1v) is 13.1. The van der Waals surface area contributed by atoms with Gasteiger partial charge in [0.1, 0.15) is 0 Å². The molecular weight excluding hydrogens is 479 g/mol. The van der Waals surface area contributed by atoms with E-state index in [0.29, 0.717) is 37.0 Å². The molecule has 0 N–H and O–H groups in total. The van der Waals surface area contributed by atoms with Gasteiger partial charge >= 0.3 is 6.18 Å². The maximum absolute atomic E-state index is 13.6. The molecule has 6 nitrogen and oxygen atoms in total. The van der Waals surface area contributed by atoms with Crippen LogP contribution in [0.2, 0.25) is 0 Å². The van der Waals surface area contributed by atoms with E-state index >= 15 is 0 Å². The van der Waals surface area contributed by atoms with Crippen LogP contribution in [0.4, 0.5) is 13.2 Å². The van der Waals surface area contributed by atoms with Crippen LogP contribution in [0, 0.1) is 5.92 Å². The number of fused-ring (bicyclic) bond motifs is 1. The molecule has 35 heavy (non-hydrogen) atoms. The zero-order valence-corrected chi connectivity index (χ0v) is 20.4. The van der Waals surface area contributed by atoms with Crippen molar-refractivity contribution in [3.63, 3.8) is 0 Å². The second-order valence-corrected chi connectivity index (χ2v) is 11.8. The number of hydrogen-bond acceptors (Lipinski definition) is 4. The Labute approximate surface area is 202 Å². The van der Waals surface area contributed by atoms with Crippen LogP contribution in [0.25, 0.3) is 11.0 Å². The van der Waals surface area contributed by atoms with Crippen molar-refractivity contribution in [1.29, 1.82) is 0 Å². The van der Waals surface area contributed by atoms with Crippen molar-refractivity contribution in [2.75, 3.05) is 13.1 Å². The fourth-order valence-corrected chi connectivity index (χ4v) is 5.52. The summed E-state index contributed by atoms with van der Waals surface area (Å²) in [5.41, 5.74) is 1.50. The Balaban J connectivity index is 1.38. The van der Waals surface area contributed by atoms with E-state index in [2.05, 4.69) is 4.98 Å². The Bertz CT molecular complexity index is 1310. The number of rotatable bonds is 6. The third-order valence-corrected chi connectivity index (χ3v) is 8.71. The lowest BCUT2D eigenvalue weighted by atomic mass is 9.96. The van der Waals surface area contributed by atoms with Gasteiger partial charge < -0.3 is 9.47 Å². The molecule has 2 heterocycles. The Kier molecular flexibility index (Phi) is 6.95. The van der Waals surface area contributed by atoms with Crippen molar-refractivity contribution in [2.45, 2.75) is 56.0 Å². The summed E-state index contributed by atoms with van der Waals surface area (Å²) in [6.07, 6.45) is -3.20. The number of sulfone groups is 1. The van der Waals surface area contributed by atoms with Gasteiger partial charge in [0.25, 0.3) is 0 Å². The van der Waals surface area contributed by atoms with E-state index in [0.717, 1.165) is 5.56 Å². The molecule has 4 rings (SSSR count). The lowest BCUT2D eigenvalue weighted by molar-refractivity contribution is -0.147. The van der Waals surface area contributed by atoms with Crippen LogP contribution < -0.4 is 0 Å². The monoisotopic (exact) mass is 507 g/mol. The summed E-state index contributed by atoms with van der Waals surface area (Å²) < 4.78 is 66.5. The zero-order chi connectivity index (χ0) is 25.4. The number of hydrogen-bond donors (Lipinski definition) is 0. The molecule has 1 amide bonds. The molecule has 1 saturated heterocycles. The van der Waals surface area contributed by atoms with Crippen LogP contribution >= 0.6 is 0 Å². The standard InChI is InChI=1S/C25H28F3N3O3S/c1-17(2)35(33,34)20-9-7-18(8-10-20)15-23(32)30-13-11-19(12-14-30)16-31-22-6-4-3-5-21(22)29-24(31)25(26,27)28/h3-10,17,19H,11-16H2,1-2H3. The maximum atomic E-state index is 13.6. The van der Waals surface area contributed by atoms with E-state index < -0.39 is 27.1 Å². The number of nitrogens with zero attached hydrogens (tertiary/aromatic N) is 3. The Morgan fingerprint density at radius 2 is 1.69 bits per heavy atom. The highest BCUT2D eigenvalue weighted by Crippen LogP contribution is 2.33. The number of likely N-dealkylation sites (tertiary alicyclic amines) is 1. The number of carbonyl (C=O) groups is 1. The van der Waals surface area contributed by atoms with Crippen LogP contribution in [0.1, 0.15) is 38.1 Å². The van der Waals surface area contributed by atoms with Crippen molar-refractivity contribution >= 4 is 26.8 Å². The van der Waals surface area contributed by atoms with Crippen LogP contribution in [-0.4, -0.2) is 47.1 Å². The van der Waals surface area contributed by atoms with Crippen LogP contribution in [0.15, 0.2) is 53.4 Å². The van der Waals surface area contributed by atoms with Gasteiger partial charge in [0.2, 0.25) is 11.7 Å². The first-order valence-electron chi connectivity index (χ1n) is 11.6. The fraction of sp³-hybridized carbons (Fsp3) is 0.440. The van der Waals surface area contributed by atoms with Crippen molar-refractivity contribution in [3.8, 4) is 0 Å². The highest BCUT2D eigenvalue weighted by molar-refractivity contribution is 7.92. The molecule has 1 aliphatic heterocycles. The molecule has 0 spiro atoms. The molecule has 0 aliphatic carbocycles. The molecule has 0 saturated carbocycles. The number of aromatic nitrogens is 2. The summed E-state index contributed by atoms with van der Waals surface area (Å²) in [6.45, 7) is 4.38. The summed E-state index contributed by atoms with van der Waals surface area (Å²) in [7, 11) is -3.37. The summed E-state index contributed by atoms with van der Waals surface area (Å²) in [6, 6.07) is 13.0. The van der Waals surface area contributed by atoms with Crippen LogP contribution in [-0.2, 0) is 33.8 Å². The van der Waals surface area contributed by atoms with E-state index in [1.165, 1.54) is 16.7 Å². The quantitative estimate of drug-likeness (QED) is 0.484. The topological polar surface area (TPSA) is 72.3 Å². The van der Waals surface area contributed by atoms with Gasteiger partial charge in [-0.3, -0.25) is 4.79 Å². The minimum absolute atomic E-state index is 0.00159. The third kappa shape index (κ3) is 5.37. The molecule has 10 heteroatoms. The SMILES string of the molecule is CC(C)S(=O)(=O)c1ccc(CC(=O)N2CCC(Cn3c(C(F)(F)F)nc4ccccc43)CC2)cc1. The van der Waals surface area contributed by atoms with Crippen molar-refractivity contribution in [1.82, 2.24) is 14.5 Å². The molecule has 0 bridgehead atoms. The number of imidazole rings is 1. The molecule has 0 atom stereocenters. The van der Waals surface area contributed by atoms with Gasteiger partial charge in [-0.25, -0.2) is 13.4 Å². The molecule has 0 radical (unpaired) electrons. The highest BCUT2D eigenvalue weighted by atomic mass is 32.2. The Hall–Kier alpha value is -2.88. The van der Waals surface area contributed by atoms with Crippen LogP contribution in [0.5, 0.6) is 0 Å². The van der Waals surface area contributed by atoms with Gasteiger partial charge in [0.05, 0.1) is 27.6 Å². The number of para-hydroxylation sites is 2. The minimum atomic E-state index is -4.54. The van der Waals surface area contributed by atoms with Gasteiger partial charge in [0.15, 0.2) is 9.84 Å². The fourth-order valence-electron chi connectivity index (χ4n) is 4.46. The van der Waals surface area contributed by atoms with Crippen molar-refractivity contribution in [2.24, 2.45) is 5.92 Å². The Morgan fingerprint density at radius 3 is 2.29 bits per heavy atom. The average Bonchev–Trinajstić information content (AvgIpc) is 3.19. The summed E-state index contributed by atoms with van der Waals surface area (Å²) in [5.74, 6) is -0.967. The molecule has 2 aromatic carbocycles. The molecule has 3 aromatic rings. The van der Waals surface area contributed by atoms with Gasteiger partial charge in [-0.1, -0.05) is 24.3 Å². The molecular formula is C25H28F3N3O3S. The summed E-state index contributed by atoms with van der Waals surface area (Å²) in [4.78, 5) is 18.6. The molecule has 188 valence electrons. The lowest BCUT2D eigenvalue weighted by Gasteiger charge is -2.32. The molecule has 1 aromatic heterocycles. The van der Waals surface area contributed by atoms with E-state index in [1.807, 2.05) is 0 Å². The number of piperidine rings is 1. The highest BCUT2D eigenvalue weighted by Gasteiger charge is 2.38. The van der Waals surface area contributed by atoms with Crippen molar-refractivity contribution < 1.29 is 26.4 Å². The first-order chi connectivity index (χ1) is 16.5. The second-order valence-electron chi connectivity index (χ2n) is 9.27. The Morgan fingerprint density at radius 1 is 1.06 bits per heavy atom. The number of alkyl halides is 3. The first kappa shape index (κ1) is 25.2. The van der Waals surface area contributed by atoms with Gasteiger partial charge in [-0.2, -0.15) is 13.2 Å². The van der Waals surface area contributed by atoms with Gasteiger partial charge in [-0.15, -0.1) is 0 Å². The molecule has 1 aliphatic rings. The zero-order valence-electron chi connectivity index (χ0n) is 19.6. The van der Waals surface area contributed by atoms with Crippen LogP contribution in [0.3, 0.4) is 0 Å². The smallest absolute Gasteiger partial charge is 0.342 e. The largest absolute Gasteiger partial charge is 0.449 e. The maximum Gasteiger partial charge on any atom is 0.449 e. The lowest BCUT2D eigenvalue weighted by Crippen LogP contribution is -2.40. The molecule has 1 fully saturated rings. The predicted octanol–water partition coefficient (Wildman–Crippen LogP) is 4.72. The normalized spacial score (nSPS) is 15.8. The third-order valence-electron chi connectivity index (χ3n) is 6.54. The van der Waals surface area contributed by atoms with Gasteiger partial charge in [-0.05, 0) is 62.4 Å². The second kappa shape index (κ2) is 9.64. The van der Waals surface area contributed by atoms with E-state index in [4.69, 9.17) is 0 Å².